The number of H-pyrrole nitrogens is 2. The smallest absolute Gasteiger partial charge is 0.0956 e. The number of nitrogens with one attached hydrogen (secondary N) is 2. The van der Waals surface area contributed by atoms with Crippen molar-refractivity contribution in [2.24, 2.45) is 0 Å². The van der Waals surface area contributed by atoms with Gasteiger partial charge in [0.1, 0.15) is 0 Å². The van der Waals surface area contributed by atoms with Crippen LogP contribution in [-0.2, 0) is 0 Å². The third-order valence-corrected chi connectivity index (χ3v) is 5.01. The Morgan fingerprint density at radius 3 is 1.31 bits per heavy atom. The number of hydrogen-bond donors (Lipinski definition) is 2. The maximum Gasteiger partial charge on any atom is 0.0956 e. The summed E-state index contributed by atoms with van der Waals surface area (Å²) in [5.74, 6) is 0. The van der Waals surface area contributed by atoms with Gasteiger partial charge in [-0.05, 0) is 38.1 Å². The van der Waals surface area contributed by atoms with Crippen molar-refractivity contribution in [1.29, 1.82) is 0 Å². The van der Waals surface area contributed by atoms with E-state index in [1.54, 1.807) is 0 Å². The Kier molecular flexibility index (Phi) is 4.31. The van der Waals surface area contributed by atoms with E-state index < -0.39 is 0 Å². The fourth-order valence-corrected chi connectivity index (χ4v) is 3.31. The molecule has 4 rings (SSSR count). The second-order valence-electron chi connectivity index (χ2n) is 6.16. The van der Waals surface area contributed by atoms with E-state index in [1.807, 2.05) is 62.4 Å². The molecule has 0 bridgehead atoms. The first kappa shape index (κ1) is 16.9. The molecule has 26 heavy (non-hydrogen) atoms. The summed E-state index contributed by atoms with van der Waals surface area (Å²) in [5, 5.41) is 16.7. The molecular weight excluding hydrogens is 367 g/mol. The Labute approximate surface area is 161 Å². The molecule has 0 aliphatic heterocycles. The Morgan fingerprint density at radius 2 is 0.962 bits per heavy atom. The number of aromatic nitrogens is 4. The van der Waals surface area contributed by atoms with E-state index in [1.165, 1.54) is 0 Å². The lowest BCUT2D eigenvalue weighted by molar-refractivity contribution is 1.06. The van der Waals surface area contributed by atoms with E-state index in [4.69, 9.17) is 23.2 Å². The number of rotatable bonds is 3. The van der Waals surface area contributed by atoms with Crippen LogP contribution in [0.1, 0.15) is 11.1 Å². The van der Waals surface area contributed by atoms with E-state index in [9.17, 15) is 0 Å². The molecule has 4 aromatic rings. The summed E-state index contributed by atoms with van der Waals surface area (Å²) in [6, 6.07) is 15.3. The first-order chi connectivity index (χ1) is 12.5. The summed E-state index contributed by atoms with van der Waals surface area (Å²) in [6.45, 7) is 4.09. The van der Waals surface area contributed by atoms with Gasteiger partial charge >= 0.3 is 0 Å². The van der Waals surface area contributed by atoms with Gasteiger partial charge in [-0.15, -0.1) is 0 Å². The van der Waals surface area contributed by atoms with Crippen molar-refractivity contribution in [2.45, 2.75) is 13.8 Å². The molecule has 0 spiro atoms. The van der Waals surface area contributed by atoms with Gasteiger partial charge in [0.15, 0.2) is 0 Å². The van der Waals surface area contributed by atoms with Gasteiger partial charge in [-0.2, -0.15) is 10.2 Å². The minimum atomic E-state index is 0.708. The van der Waals surface area contributed by atoms with Crippen molar-refractivity contribution < 1.29 is 0 Å². The molecule has 0 atom stereocenters. The van der Waals surface area contributed by atoms with Gasteiger partial charge in [0, 0.05) is 32.3 Å². The van der Waals surface area contributed by atoms with Gasteiger partial charge in [-0.3, -0.25) is 10.2 Å². The van der Waals surface area contributed by atoms with Gasteiger partial charge in [0.05, 0.1) is 22.8 Å². The average Bonchev–Trinajstić information content (AvgIpc) is 3.19. The summed E-state index contributed by atoms with van der Waals surface area (Å²) < 4.78 is 0. The van der Waals surface area contributed by atoms with Crippen LogP contribution in [0.3, 0.4) is 0 Å². The van der Waals surface area contributed by atoms with Crippen LogP contribution in [0, 0.1) is 13.8 Å². The highest BCUT2D eigenvalue weighted by molar-refractivity contribution is 6.30. The zero-order valence-electron chi connectivity index (χ0n) is 14.3. The molecule has 0 aliphatic rings. The van der Waals surface area contributed by atoms with Gasteiger partial charge in [-0.1, -0.05) is 47.5 Å². The van der Waals surface area contributed by atoms with E-state index in [0.29, 0.717) is 10.0 Å². The molecule has 0 saturated heterocycles. The molecule has 0 unspecified atom stereocenters. The third-order valence-electron chi connectivity index (χ3n) is 4.50. The highest BCUT2D eigenvalue weighted by Crippen LogP contribution is 2.34. The quantitative estimate of drug-likeness (QED) is 0.452. The maximum absolute atomic E-state index is 5.98. The fraction of sp³-hybridized carbons (Fsp3) is 0.100. The molecule has 2 aromatic heterocycles. The number of nitrogens with zero attached hydrogens (tertiary/aromatic N) is 2. The Hall–Kier alpha value is -2.56. The van der Waals surface area contributed by atoms with Crippen LogP contribution in [0.2, 0.25) is 10.0 Å². The Bertz CT molecular complexity index is 973. The average molecular weight is 383 g/mol. The van der Waals surface area contributed by atoms with Crippen LogP contribution in [0.15, 0.2) is 48.5 Å². The largest absolute Gasteiger partial charge is 0.275 e. The fourth-order valence-electron chi connectivity index (χ4n) is 3.06. The molecule has 0 aliphatic carbocycles. The molecule has 0 radical (unpaired) electrons. The third kappa shape index (κ3) is 2.91. The van der Waals surface area contributed by atoms with Crippen LogP contribution < -0.4 is 0 Å². The van der Waals surface area contributed by atoms with Gasteiger partial charge in [0.25, 0.3) is 0 Å². The van der Waals surface area contributed by atoms with Gasteiger partial charge in [0.2, 0.25) is 0 Å². The topological polar surface area (TPSA) is 57.4 Å². The summed E-state index contributed by atoms with van der Waals surface area (Å²) in [6.07, 6.45) is 0. The highest BCUT2D eigenvalue weighted by Gasteiger charge is 2.18. The Balaban J connectivity index is 1.75. The molecule has 6 heteroatoms. The molecule has 130 valence electrons. The second kappa shape index (κ2) is 6.63. The molecule has 2 aromatic carbocycles. The second-order valence-corrected chi connectivity index (χ2v) is 7.03. The lowest BCUT2D eigenvalue weighted by Crippen LogP contribution is -1.85. The number of hydrogen-bond acceptors (Lipinski definition) is 2. The predicted octanol–water partition coefficient (Wildman–Crippen LogP) is 6.06. The van der Waals surface area contributed by atoms with E-state index in [0.717, 1.165) is 45.0 Å². The van der Waals surface area contributed by atoms with E-state index in [2.05, 4.69) is 20.4 Å². The SMILES string of the molecule is Cc1c(-c2ccc(Cl)cc2)n[nH]c1-c1[nH]nc(-c2ccc(Cl)cc2)c1C. The number of halogens is 2. The van der Waals surface area contributed by atoms with Gasteiger partial charge in [-0.25, -0.2) is 0 Å². The van der Waals surface area contributed by atoms with Crippen LogP contribution in [-0.4, -0.2) is 20.4 Å². The van der Waals surface area contributed by atoms with Crippen molar-refractivity contribution in [3.05, 3.63) is 69.7 Å². The van der Waals surface area contributed by atoms with Crippen LogP contribution in [0.4, 0.5) is 0 Å². The molecule has 0 saturated carbocycles. The van der Waals surface area contributed by atoms with Gasteiger partial charge < -0.3 is 0 Å². The minimum absolute atomic E-state index is 0.708. The van der Waals surface area contributed by atoms with Crippen molar-refractivity contribution in [2.75, 3.05) is 0 Å². The van der Waals surface area contributed by atoms with Crippen molar-refractivity contribution in [3.8, 4) is 33.9 Å². The molecule has 2 N–H and O–H groups in total. The minimum Gasteiger partial charge on any atom is -0.275 e. The zero-order valence-corrected chi connectivity index (χ0v) is 15.8. The van der Waals surface area contributed by atoms with E-state index in [-0.39, 0.29) is 0 Å². The van der Waals surface area contributed by atoms with Crippen molar-refractivity contribution >= 4 is 23.2 Å². The normalized spacial score (nSPS) is 11.1. The maximum atomic E-state index is 5.98. The van der Waals surface area contributed by atoms with Crippen LogP contribution in [0.25, 0.3) is 33.9 Å². The van der Waals surface area contributed by atoms with E-state index >= 15 is 0 Å². The highest BCUT2D eigenvalue weighted by atomic mass is 35.5. The van der Waals surface area contributed by atoms with Crippen LogP contribution in [0.5, 0.6) is 0 Å². The van der Waals surface area contributed by atoms with Crippen LogP contribution >= 0.6 is 23.2 Å². The summed E-state index contributed by atoms with van der Waals surface area (Å²) in [7, 11) is 0. The summed E-state index contributed by atoms with van der Waals surface area (Å²) in [5.41, 5.74) is 7.81. The molecule has 0 fully saturated rings. The lowest BCUT2D eigenvalue weighted by atomic mass is 10.0. The summed E-state index contributed by atoms with van der Waals surface area (Å²) >= 11 is 12.0. The standard InChI is InChI=1S/C20H16Cl2N4/c1-11-17(13-3-7-15(21)8-4-13)23-25-19(11)20-12(2)18(24-26-20)14-5-9-16(22)10-6-14/h3-10H,1-2H3,(H,23,25)(H,24,26). The zero-order chi connectivity index (χ0) is 18.3. The Morgan fingerprint density at radius 1 is 0.615 bits per heavy atom. The molecule has 0 amide bonds. The first-order valence-electron chi connectivity index (χ1n) is 8.17. The predicted molar refractivity (Wildman–Crippen MR) is 107 cm³/mol. The molecule has 4 nitrogen and oxygen atoms in total. The number of benzene rings is 2. The lowest BCUT2D eigenvalue weighted by Gasteiger charge is -2.02. The molecule has 2 heterocycles. The van der Waals surface area contributed by atoms with Crippen molar-refractivity contribution in [1.82, 2.24) is 20.4 Å². The van der Waals surface area contributed by atoms with Crippen molar-refractivity contribution in [3.63, 3.8) is 0 Å². The number of aromatic amines is 2. The monoisotopic (exact) mass is 382 g/mol. The first-order valence-corrected chi connectivity index (χ1v) is 8.92. The molecular formula is C20H16Cl2N4. The summed E-state index contributed by atoms with van der Waals surface area (Å²) in [4.78, 5) is 0.